The van der Waals surface area contributed by atoms with E-state index >= 15 is 0 Å². The second kappa shape index (κ2) is 1110. The van der Waals surface area contributed by atoms with Crippen molar-refractivity contribution < 1.29 is 59.2 Å². The Labute approximate surface area is 65.8 Å². The van der Waals surface area contributed by atoms with E-state index in [9.17, 15) is 0 Å². The number of hydrogen-bond donors (Lipinski definition) is 1. The topological polar surface area (TPSA) is 35.0 Å². The molecule has 8 heteroatoms. The van der Waals surface area contributed by atoms with Crippen LogP contribution in [0.15, 0.2) is 0 Å². The van der Waals surface area contributed by atoms with Crippen LogP contribution in [0.4, 0.5) is 28.2 Å². The molecular weight excluding hydrogens is 151 g/mol. The summed E-state index contributed by atoms with van der Waals surface area (Å²) in [6.45, 7) is 0. The van der Waals surface area contributed by atoms with Gasteiger partial charge in [0.05, 0.1) is 0 Å². The molecule has 0 rings (SSSR count). The van der Waals surface area contributed by atoms with Gasteiger partial charge in [0.15, 0.2) is 0 Å². The molecular formula is H10F6NNa. The second-order valence-electron chi connectivity index (χ2n) is 0. The molecule has 0 atom stereocenters. The number of hydrogen-bond acceptors (Lipinski definition) is 1. The molecule has 0 aliphatic carbocycles. The van der Waals surface area contributed by atoms with Gasteiger partial charge in [0.25, 0.3) is 0 Å². The maximum absolute atomic E-state index is 0. The summed E-state index contributed by atoms with van der Waals surface area (Å²) in [4.78, 5) is 0. The van der Waals surface area contributed by atoms with Crippen LogP contribution in [-0.4, -0.2) is 0 Å². The van der Waals surface area contributed by atoms with E-state index in [2.05, 4.69) is 0 Å². The van der Waals surface area contributed by atoms with Crippen molar-refractivity contribution in [1.29, 1.82) is 0 Å². The zero-order valence-electron chi connectivity index (χ0n) is 5.16. The van der Waals surface area contributed by atoms with Gasteiger partial charge >= 0.3 is 29.6 Å². The summed E-state index contributed by atoms with van der Waals surface area (Å²) in [5, 5.41) is 0. The van der Waals surface area contributed by atoms with Crippen molar-refractivity contribution in [2.75, 3.05) is 0 Å². The molecule has 0 unspecified atom stereocenters. The minimum atomic E-state index is 0. The first-order valence-corrected chi connectivity index (χ1v) is 0. The first kappa shape index (κ1) is 1660. The third-order valence-corrected chi connectivity index (χ3v) is 0. The molecule has 0 bridgehead atoms. The monoisotopic (exact) mass is 161 g/mol. The van der Waals surface area contributed by atoms with E-state index in [0.29, 0.717) is 0 Å². The minimum absolute atomic E-state index is 0. The Bertz CT molecular complexity index is 13.0. The smallest absolute Gasteiger partial charge is 1.00 e. The standard InChI is InChI=1S/6FH.H3N.Na.H/h6*1H;1H3;;/q;;;;;;;+1;-1. The summed E-state index contributed by atoms with van der Waals surface area (Å²) < 4.78 is 0. The van der Waals surface area contributed by atoms with Gasteiger partial charge in [-0.25, -0.2) is 0 Å². The zero-order chi connectivity index (χ0) is 0. The van der Waals surface area contributed by atoms with Crippen molar-refractivity contribution >= 4 is 0 Å². The van der Waals surface area contributed by atoms with Crippen LogP contribution in [-0.2, 0) is 0 Å². The predicted octanol–water partition coefficient (Wildman–Crippen LogP) is -1.81. The van der Waals surface area contributed by atoms with Gasteiger partial charge in [-0.3, -0.25) is 28.2 Å². The molecule has 1 nitrogen and oxygen atoms in total. The molecule has 0 fully saturated rings. The van der Waals surface area contributed by atoms with Gasteiger partial charge in [0.2, 0.25) is 0 Å². The predicted molar refractivity (Wildman–Crippen MR) is 21.2 cm³/mol. The molecule has 0 saturated carbocycles. The summed E-state index contributed by atoms with van der Waals surface area (Å²) in [5.74, 6) is 0. The quantitative estimate of drug-likeness (QED) is 0.330. The third kappa shape index (κ3) is 688. The van der Waals surface area contributed by atoms with Gasteiger partial charge in [-0.15, -0.1) is 0 Å². The van der Waals surface area contributed by atoms with Crippen LogP contribution in [0, 0.1) is 0 Å². The Balaban J connectivity index is 0. The summed E-state index contributed by atoms with van der Waals surface area (Å²) in [6, 6.07) is 0. The van der Waals surface area contributed by atoms with Gasteiger partial charge in [-0.05, 0) is 0 Å². The normalized spacial score (nSPS) is 0. The van der Waals surface area contributed by atoms with Crippen LogP contribution >= 0.6 is 0 Å². The molecule has 0 aromatic heterocycles. The molecule has 0 aliphatic rings. The van der Waals surface area contributed by atoms with E-state index in [0.717, 1.165) is 0 Å². The van der Waals surface area contributed by atoms with Crippen molar-refractivity contribution in [3.05, 3.63) is 0 Å². The summed E-state index contributed by atoms with van der Waals surface area (Å²) in [5.41, 5.74) is 0. The largest absolute Gasteiger partial charge is 1.00 e. The second-order valence-corrected chi connectivity index (χ2v) is 0. The number of halogens is 6. The summed E-state index contributed by atoms with van der Waals surface area (Å²) in [6.07, 6.45) is 0. The van der Waals surface area contributed by atoms with E-state index in [1.807, 2.05) is 0 Å². The van der Waals surface area contributed by atoms with Crippen molar-refractivity contribution in [2.45, 2.75) is 0 Å². The van der Waals surface area contributed by atoms with Gasteiger partial charge in [0.1, 0.15) is 0 Å². The molecule has 3 N–H and O–H groups in total. The Morgan fingerprint density at radius 1 is 0.500 bits per heavy atom. The van der Waals surface area contributed by atoms with Crippen molar-refractivity contribution in [3.8, 4) is 0 Å². The van der Waals surface area contributed by atoms with Gasteiger partial charge < -0.3 is 7.58 Å². The Morgan fingerprint density at radius 2 is 0.500 bits per heavy atom. The first-order chi connectivity index (χ1) is 0. The van der Waals surface area contributed by atoms with E-state index in [-0.39, 0.29) is 65.4 Å². The van der Waals surface area contributed by atoms with Crippen LogP contribution in [0.25, 0.3) is 0 Å². The molecule has 0 heterocycles. The fourth-order valence-corrected chi connectivity index (χ4v) is 0. The van der Waals surface area contributed by atoms with E-state index in [1.165, 1.54) is 0 Å². The molecule has 0 saturated heterocycles. The summed E-state index contributed by atoms with van der Waals surface area (Å²) in [7, 11) is 0. The maximum Gasteiger partial charge on any atom is 1.00 e. The molecule has 0 aromatic rings. The summed E-state index contributed by atoms with van der Waals surface area (Å²) >= 11 is 0. The molecule has 58 valence electrons. The minimum Gasteiger partial charge on any atom is -1.00 e. The zero-order valence-corrected chi connectivity index (χ0v) is 6.16. The van der Waals surface area contributed by atoms with Crippen LogP contribution < -0.4 is 35.7 Å². The fourth-order valence-electron chi connectivity index (χ4n) is 0. The molecule has 8 heavy (non-hydrogen) atoms. The van der Waals surface area contributed by atoms with Gasteiger partial charge in [-0.1, -0.05) is 0 Å². The van der Waals surface area contributed by atoms with E-state index in [4.69, 9.17) is 0 Å². The maximum atomic E-state index is 0. The van der Waals surface area contributed by atoms with Crippen LogP contribution in [0.3, 0.4) is 0 Å². The van der Waals surface area contributed by atoms with E-state index in [1.54, 1.807) is 0 Å². The van der Waals surface area contributed by atoms with Crippen LogP contribution in [0.2, 0.25) is 0 Å². The first-order valence-electron chi connectivity index (χ1n) is 0. The molecule has 0 amide bonds. The van der Waals surface area contributed by atoms with Crippen molar-refractivity contribution in [1.82, 2.24) is 6.15 Å². The Hall–Kier alpha value is 0.540. The van der Waals surface area contributed by atoms with Gasteiger partial charge in [0, 0.05) is 0 Å². The van der Waals surface area contributed by atoms with Crippen LogP contribution in [0.5, 0.6) is 0 Å². The molecule has 0 aliphatic heterocycles. The molecule has 0 radical (unpaired) electrons. The Morgan fingerprint density at radius 3 is 0.500 bits per heavy atom. The van der Waals surface area contributed by atoms with Crippen molar-refractivity contribution in [2.24, 2.45) is 0 Å². The van der Waals surface area contributed by atoms with Crippen molar-refractivity contribution in [3.63, 3.8) is 0 Å². The fraction of sp³-hybridized carbons (Fsp3) is 0. The molecule has 0 aromatic carbocycles. The SMILES string of the molecule is F.F.F.F.F.F.N.[H-].[Na+]. The van der Waals surface area contributed by atoms with Gasteiger partial charge in [-0.2, -0.15) is 0 Å². The number of rotatable bonds is 0. The van der Waals surface area contributed by atoms with Crippen LogP contribution in [0.1, 0.15) is 1.43 Å². The third-order valence-electron chi connectivity index (χ3n) is 0. The average Bonchev–Trinajstić information content (AvgIpc) is 0. The average molecular weight is 161 g/mol. The van der Waals surface area contributed by atoms with E-state index < -0.39 is 0 Å². The molecule has 0 spiro atoms. The Kier molecular flexibility index (Phi) is 230000.